The molecular weight excluding hydrogens is 285 g/mol. The molecule has 0 unspecified atom stereocenters. The van der Waals surface area contributed by atoms with Gasteiger partial charge < -0.3 is 0 Å². The number of carboxylic acids is 1. The van der Waals surface area contributed by atoms with Crippen molar-refractivity contribution in [2.45, 2.75) is 19.3 Å². The Balaban J connectivity index is 3.25. The summed E-state index contributed by atoms with van der Waals surface area (Å²) in [6, 6.07) is 0. The summed E-state index contributed by atoms with van der Waals surface area (Å²) in [7, 11) is 0. The summed E-state index contributed by atoms with van der Waals surface area (Å²) in [5, 5.41) is 10.6. The van der Waals surface area contributed by atoms with Gasteiger partial charge in [0.2, 0.25) is 0 Å². The third-order valence-electron chi connectivity index (χ3n) is 1.41. The van der Waals surface area contributed by atoms with Crippen LogP contribution in [0.3, 0.4) is 0 Å². The van der Waals surface area contributed by atoms with Crippen LogP contribution in [0.15, 0.2) is 0 Å². The van der Waals surface area contributed by atoms with E-state index in [1.165, 1.54) is 4.43 Å². The Morgan fingerprint density at radius 1 is 1.38 bits per heavy atom. The first-order valence-corrected chi connectivity index (χ1v) is 7.77. The molecule has 0 rings (SSSR count). The molecule has 0 aromatic rings. The maximum absolute atomic E-state index is 10.9. The van der Waals surface area contributed by atoms with Crippen LogP contribution in [-0.4, -0.2) is 32.9 Å². The SMILES string of the molecule is C[I-]CCCCC(=O)NCC(=O)O. The molecule has 0 aliphatic rings. The molecular formula is C8H15INO3-. The fourth-order valence-electron chi connectivity index (χ4n) is 0.776. The number of carboxylic acid groups (broad SMARTS) is 1. The molecule has 0 aliphatic carbocycles. The van der Waals surface area contributed by atoms with Crippen molar-refractivity contribution in [1.29, 1.82) is 0 Å². The van der Waals surface area contributed by atoms with E-state index in [-0.39, 0.29) is 12.5 Å². The van der Waals surface area contributed by atoms with Gasteiger partial charge >= 0.3 is 88.3 Å². The van der Waals surface area contributed by atoms with Crippen LogP contribution in [0.5, 0.6) is 0 Å². The number of rotatable bonds is 7. The van der Waals surface area contributed by atoms with Crippen molar-refractivity contribution in [2.24, 2.45) is 0 Å². The molecule has 0 radical (unpaired) electrons. The van der Waals surface area contributed by atoms with E-state index in [9.17, 15) is 9.59 Å². The molecule has 78 valence electrons. The van der Waals surface area contributed by atoms with E-state index in [4.69, 9.17) is 5.11 Å². The van der Waals surface area contributed by atoms with Gasteiger partial charge in [-0.3, -0.25) is 0 Å². The number of carbonyl (C=O) groups is 2. The molecule has 0 aliphatic heterocycles. The maximum atomic E-state index is 10.9. The molecule has 0 saturated heterocycles. The Kier molecular flexibility index (Phi) is 8.07. The van der Waals surface area contributed by atoms with Crippen molar-refractivity contribution in [1.82, 2.24) is 5.32 Å². The van der Waals surface area contributed by atoms with Gasteiger partial charge in [-0.25, -0.2) is 0 Å². The summed E-state index contributed by atoms with van der Waals surface area (Å²) >= 11 is 0.330. The van der Waals surface area contributed by atoms with Crippen LogP contribution in [-0.2, 0) is 9.59 Å². The number of hydrogen-bond donors (Lipinski definition) is 2. The molecule has 0 heterocycles. The molecule has 5 heteroatoms. The summed E-state index contributed by atoms with van der Waals surface area (Å²) in [5.41, 5.74) is 0. The number of nitrogens with one attached hydrogen (secondary N) is 1. The summed E-state index contributed by atoms with van der Waals surface area (Å²) in [6.45, 7) is -0.264. The Morgan fingerprint density at radius 2 is 2.08 bits per heavy atom. The van der Waals surface area contributed by atoms with E-state index in [2.05, 4.69) is 10.2 Å². The zero-order valence-corrected chi connectivity index (χ0v) is 9.83. The van der Waals surface area contributed by atoms with Crippen molar-refractivity contribution in [3.63, 3.8) is 0 Å². The monoisotopic (exact) mass is 300 g/mol. The van der Waals surface area contributed by atoms with Gasteiger partial charge in [-0.2, -0.15) is 0 Å². The summed E-state index contributed by atoms with van der Waals surface area (Å²) in [5.74, 6) is -1.15. The van der Waals surface area contributed by atoms with Crippen molar-refractivity contribution >= 4 is 11.9 Å². The number of alkyl halides is 2. The van der Waals surface area contributed by atoms with E-state index in [0.717, 1.165) is 12.8 Å². The average molecular weight is 300 g/mol. The quantitative estimate of drug-likeness (QED) is 0.301. The number of halogens is 1. The molecule has 2 N–H and O–H groups in total. The number of unbranched alkanes of at least 4 members (excludes halogenated alkanes) is 1. The van der Waals surface area contributed by atoms with Gasteiger partial charge in [-0.15, -0.1) is 0 Å². The van der Waals surface area contributed by atoms with Gasteiger partial charge in [-0.05, 0) is 0 Å². The molecule has 0 saturated carbocycles. The Morgan fingerprint density at radius 3 is 2.62 bits per heavy atom. The molecule has 0 spiro atoms. The van der Waals surface area contributed by atoms with Crippen molar-refractivity contribution in [2.75, 3.05) is 15.9 Å². The summed E-state index contributed by atoms with van der Waals surface area (Å²) in [6.07, 6.45) is 2.42. The van der Waals surface area contributed by atoms with Crippen molar-refractivity contribution < 1.29 is 35.9 Å². The molecule has 0 aromatic carbocycles. The van der Waals surface area contributed by atoms with E-state index < -0.39 is 5.97 Å². The van der Waals surface area contributed by atoms with E-state index in [0.29, 0.717) is 27.6 Å². The van der Waals surface area contributed by atoms with Gasteiger partial charge in [0.25, 0.3) is 0 Å². The predicted octanol–water partition coefficient (Wildman–Crippen LogP) is -2.92. The van der Waals surface area contributed by atoms with Crippen LogP contribution < -0.4 is 26.5 Å². The van der Waals surface area contributed by atoms with Crippen LogP contribution in [0.1, 0.15) is 19.3 Å². The first-order chi connectivity index (χ1) is 6.16. The number of hydrogen-bond acceptors (Lipinski definition) is 2. The van der Waals surface area contributed by atoms with Gasteiger partial charge in [0, 0.05) is 0 Å². The number of amides is 1. The molecule has 0 bridgehead atoms. The first kappa shape index (κ1) is 12.7. The van der Waals surface area contributed by atoms with E-state index >= 15 is 0 Å². The normalized spacial score (nSPS) is 9.92. The van der Waals surface area contributed by atoms with Gasteiger partial charge in [-0.1, -0.05) is 0 Å². The molecule has 4 nitrogen and oxygen atoms in total. The topological polar surface area (TPSA) is 66.4 Å². The van der Waals surface area contributed by atoms with Crippen LogP contribution >= 0.6 is 0 Å². The predicted molar refractivity (Wildman–Crippen MR) is 45.3 cm³/mol. The molecule has 0 fully saturated rings. The van der Waals surface area contributed by atoms with Crippen molar-refractivity contribution in [3.8, 4) is 0 Å². The second-order valence-corrected chi connectivity index (χ2v) is 5.19. The van der Waals surface area contributed by atoms with Crippen LogP contribution in [0.2, 0.25) is 0 Å². The molecule has 0 aromatic heterocycles. The minimum absolute atomic E-state index is 0.156. The number of aliphatic carboxylic acids is 1. The van der Waals surface area contributed by atoms with E-state index in [1.807, 2.05) is 0 Å². The average Bonchev–Trinajstić information content (AvgIpc) is 2.09. The van der Waals surface area contributed by atoms with E-state index in [1.54, 1.807) is 0 Å². The van der Waals surface area contributed by atoms with Crippen LogP contribution in [0, 0.1) is 0 Å². The first-order valence-electron chi connectivity index (χ1n) is 4.09. The van der Waals surface area contributed by atoms with Crippen LogP contribution in [0.4, 0.5) is 0 Å². The zero-order valence-electron chi connectivity index (χ0n) is 7.68. The summed E-state index contributed by atoms with van der Waals surface area (Å²) in [4.78, 5) is 23.2. The summed E-state index contributed by atoms with van der Waals surface area (Å²) < 4.78 is 1.24. The Bertz CT molecular complexity index is 173. The van der Waals surface area contributed by atoms with Gasteiger partial charge in [0.1, 0.15) is 0 Å². The third-order valence-corrected chi connectivity index (χ3v) is 3.25. The van der Waals surface area contributed by atoms with Crippen LogP contribution in [0.25, 0.3) is 0 Å². The minimum atomic E-state index is -0.993. The number of carbonyl (C=O) groups excluding carboxylic acids is 1. The van der Waals surface area contributed by atoms with Gasteiger partial charge in [0.15, 0.2) is 0 Å². The fraction of sp³-hybridized carbons (Fsp3) is 0.750. The standard InChI is InChI=1S/C8H15INO3/c1-9-5-3-2-4-7(11)10-6-8(12)13/h2-6H2,1H3,(H,10,11)(H,12,13)/q-1. The van der Waals surface area contributed by atoms with Crippen molar-refractivity contribution in [3.05, 3.63) is 0 Å². The third kappa shape index (κ3) is 9.59. The molecule has 0 atom stereocenters. The zero-order chi connectivity index (χ0) is 10.1. The molecule has 13 heavy (non-hydrogen) atoms. The van der Waals surface area contributed by atoms with Gasteiger partial charge in [0.05, 0.1) is 0 Å². The Hall–Kier alpha value is -0.330. The Labute approximate surface area is 88.3 Å². The second-order valence-electron chi connectivity index (χ2n) is 2.58. The fourth-order valence-corrected chi connectivity index (χ4v) is 2.08. The molecule has 1 amide bonds. The second kappa shape index (κ2) is 8.28.